The molecular weight excluding hydrogens is 369 g/mol. The molecule has 2 heterocycles. The van der Waals surface area contributed by atoms with E-state index >= 15 is 0 Å². The molecule has 1 saturated heterocycles. The second kappa shape index (κ2) is 8.39. The van der Waals surface area contributed by atoms with Gasteiger partial charge in [-0.2, -0.15) is 0 Å². The summed E-state index contributed by atoms with van der Waals surface area (Å²) in [6.45, 7) is 0.355. The number of ether oxygens (including phenoxy) is 3. The number of nitrogens with two attached hydrogens (primary N) is 1. The van der Waals surface area contributed by atoms with Crippen molar-refractivity contribution in [1.29, 1.82) is 0 Å². The van der Waals surface area contributed by atoms with Gasteiger partial charge in [-0.3, -0.25) is 9.59 Å². The SMILES string of the molecule is COC[C@@H]1[C@H](F)C(=O)N[C@@H]1CCOc1nccc2cc(C(N)=O)c(OC)cc12. The van der Waals surface area contributed by atoms with E-state index in [0.29, 0.717) is 23.4 Å². The number of fused-ring (bicyclic) bond motifs is 1. The summed E-state index contributed by atoms with van der Waals surface area (Å²) in [5.74, 6) is -1.11. The quantitative estimate of drug-likeness (QED) is 0.699. The fraction of sp³-hybridized carbons (Fsp3) is 0.421. The predicted molar refractivity (Wildman–Crippen MR) is 99.1 cm³/mol. The number of hydrogen-bond donors (Lipinski definition) is 2. The van der Waals surface area contributed by atoms with Gasteiger partial charge in [-0.1, -0.05) is 0 Å². The van der Waals surface area contributed by atoms with Crippen molar-refractivity contribution in [2.24, 2.45) is 11.7 Å². The first-order valence-corrected chi connectivity index (χ1v) is 8.79. The second-order valence-electron chi connectivity index (χ2n) is 6.53. The molecular formula is C19H22FN3O5. The van der Waals surface area contributed by atoms with Gasteiger partial charge in [0.05, 0.1) is 25.9 Å². The summed E-state index contributed by atoms with van der Waals surface area (Å²) >= 11 is 0. The zero-order valence-electron chi connectivity index (χ0n) is 15.6. The molecule has 2 aromatic rings. The van der Waals surface area contributed by atoms with E-state index in [4.69, 9.17) is 19.9 Å². The fourth-order valence-corrected chi connectivity index (χ4v) is 3.38. The summed E-state index contributed by atoms with van der Waals surface area (Å²) in [7, 11) is 2.91. The molecule has 0 radical (unpaired) electrons. The van der Waals surface area contributed by atoms with Crippen molar-refractivity contribution in [3.63, 3.8) is 0 Å². The monoisotopic (exact) mass is 391 g/mol. The maximum absolute atomic E-state index is 14.0. The van der Waals surface area contributed by atoms with Gasteiger partial charge in [0.25, 0.3) is 11.8 Å². The van der Waals surface area contributed by atoms with Crippen LogP contribution in [0, 0.1) is 5.92 Å². The average molecular weight is 391 g/mol. The van der Waals surface area contributed by atoms with Gasteiger partial charge in [-0.25, -0.2) is 9.37 Å². The summed E-state index contributed by atoms with van der Waals surface area (Å²) < 4.78 is 30.0. The van der Waals surface area contributed by atoms with Crippen molar-refractivity contribution in [3.05, 3.63) is 30.0 Å². The lowest BCUT2D eigenvalue weighted by molar-refractivity contribution is -0.124. The van der Waals surface area contributed by atoms with Crippen molar-refractivity contribution < 1.29 is 28.2 Å². The number of aromatic nitrogens is 1. The first kappa shape index (κ1) is 19.8. The molecule has 1 fully saturated rings. The molecule has 1 aliphatic rings. The molecule has 1 aromatic heterocycles. The Morgan fingerprint density at radius 1 is 1.36 bits per heavy atom. The number of nitrogens with zero attached hydrogens (tertiary/aromatic N) is 1. The van der Waals surface area contributed by atoms with Gasteiger partial charge in [-0.15, -0.1) is 0 Å². The Bertz CT molecular complexity index is 891. The summed E-state index contributed by atoms with van der Waals surface area (Å²) in [4.78, 5) is 27.4. The maximum atomic E-state index is 14.0. The molecule has 3 N–H and O–H groups in total. The van der Waals surface area contributed by atoms with Crippen molar-refractivity contribution in [2.75, 3.05) is 27.4 Å². The molecule has 1 aromatic carbocycles. The number of methoxy groups -OCH3 is 2. The summed E-state index contributed by atoms with van der Waals surface area (Å²) in [6.07, 6.45) is 0.365. The lowest BCUT2D eigenvalue weighted by Gasteiger charge is -2.19. The molecule has 28 heavy (non-hydrogen) atoms. The van der Waals surface area contributed by atoms with Crippen molar-refractivity contribution in [2.45, 2.75) is 18.6 Å². The fourth-order valence-electron chi connectivity index (χ4n) is 3.38. The Kier molecular flexibility index (Phi) is 5.93. The van der Waals surface area contributed by atoms with Crippen LogP contribution in [-0.2, 0) is 9.53 Å². The minimum atomic E-state index is -1.59. The van der Waals surface area contributed by atoms with E-state index in [1.165, 1.54) is 14.2 Å². The Morgan fingerprint density at radius 3 is 2.82 bits per heavy atom. The smallest absolute Gasteiger partial charge is 0.255 e. The third-order valence-electron chi connectivity index (χ3n) is 4.81. The average Bonchev–Trinajstić information content (AvgIpc) is 2.95. The summed E-state index contributed by atoms with van der Waals surface area (Å²) in [5, 5.41) is 4.00. The molecule has 3 rings (SSSR count). The van der Waals surface area contributed by atoms with Crippen LogP contribution >= 0.6 is 0 Å². The van der Waals surface area contributed by atoms with E-state index in [2.05, 4.69) is 10.3 Å². The zero-order chi connectivity index (χ0) is 20.3. The third-order valence-corrected chi connectivity index (χ3v) is 4.81. The van der Waals surface area contributed by atoms with E-state index in [1.54, 1.807) is 24.4 Å². The van der Waals surface area contributed by atoms with Gasteiger partial charge in [0.15, 0.2) is 6.17 Å². The molecule has 0 bridgehead atoms. The number of halogens is 1. The highest BCUT2D eigenvalue weighted by atomic mass is 19.1. The number of rotatable bonds is 8. The lowest BCUT2D eigenvalue weighted by Crippen LogP contribution is -2.32. The minimum absolute atomic E-state index is 0.143. The van der Waals surface area contributed by atoms with Crippen LogP contribution < -0.4 is 20.5 Å². The molecule has 0 unspecified atom stereocenters. The Morgan fingerprint density at radius 2 is 2.14 bits per heavy atom. The van der Waals surface area contributed by atoms with Crippen LogP contribution in [0.2, 0.25) is 0 Å². The molecule has 150 valence electrons. The number of amides is 2. The molecule has 0 spiro atoms. The second-order valence-corrected chi connectivity index (χ2v) is 6.53. The van der Waals surface area contributed by atoms with E-state index < -0.39 is 23.9 Å². The number of pyridine rings is 1. The van der Waals surface area contributed by atoms with E-state index in [9.17, 15) is 14.0 Å². The number of primary amides is 1. The van der Waals surface area contributed by atoms with Crippen molar-refractivity contribution in [3.8, 4) is 11.6 Å². The lowest BCUT2D eigenvalue weighted by atomic mass is 9.98. The third kappa shape index (κ3) is 3.84. The summed E-state index contributed by atoms with van der Waals surface area (Å²) in [6, 6.07) is 4.60. The van der Waals surface area contributed by atoms with Gasteiger partial charge >= 0.3 is 0 Å². The van der Waals surface area contributed by atoms with Gasteiger partial charge in [0.1, 0.15) is 5.75 Å². The standard InChI is InChI=1S/C19H22FN3O5/c1-26-9-13-14(23-18(25)16(13)20)4-6-28-19-11-8-15(27-2)12(17(21)24)7-10(11)3-5-22-19/h3,5,7-8,13-14,16H,4,6,9H2,1-2H3,(H2,21,24)(H,23,25)/t13-,14+,16-/m0/s1. The van der Waals surface area contributed by atoms with Crippen LogP contribution in [0.3, 0.4) is 0 Å². The number of carbonyl (C=O) groups is 2. The van der Waals surface area contributed by atoms with Gasteiger partial charge in [-0.05, 0) is 23.6 Å². The van der Waals surface area contributed by atoms with Crippen LogP contribution in [0.1, 0.15) is 16.8 Å². The number of alkyl halides is 1. The molecule has 8 nitrogen and oxygen atoms in total. The Hall–Kier alpha value is -2.94. The summed E-state index contributed by atoms with van der Waals surface area (Å²) in [5.41, 5.74) is 5.65. The molecule has 0 aliphatic carbocycles. The highest BCUT2D eigenvalue weighted by Gasteiger charge is 2.42. The normalized spacial score (nSPS) is 21.5. The maximum Gasteiger partial charge on any atom is 0.255 e. The van der Waals surface area contributed by atoms with E-state index in [-0.39, 0.29) is 24.8 Å². The number of hydrogen-bond acceptors (Lipinski definition) is 6. The van der Waals surface area contributed by atoms with Gasteiger partial charge < -0.3 is 25.3 Å². The number of benzene rings is 1. The number of nitrogens with one attached hydrogen (secondary N) is 1. The topological polar surface area (TPSA) is 113 Å². The highest BCUT2D eigenvalue weighted by Crippen LogP contribution is 2.31. The highest BCUT2D eigenvalue weighted by molar-refractivity contribution is 6.01. The zero-order valence-corrected chi connectivity index (χ0v) is 15.6. The Labute approximate surface area is 161 Å². The van der Waals surface area contributed by atoms with E-state index in [1.807, 2.05) is 0 Å². The molecule has 3 atom stereocenters. The first-order chi connectivity index (χ1) is 13.5. The van der Waals surface area contributed by atoms with Crippen LogP contribution in [-0.4, -0.2) is 56.4 Å². The van der Waals surface area contributed by atoms with Crippen LogP contribution in [0.4, 0.5) is 4.39 Å². The number of carbonyl (C=O) groups excluding carboxylic acids is 2. The van der Waals surface area contributed by atoms with Gasteiger partial charge in [0.2, 0.25) is 5.88 Å². The van der Waals surface area contributed by atoms with Crippen molar-refractivity contribution in [1.82, 2.24) is 10.3 Å². The molecule has 2 amide bonds. The first-order valence-electron chi connectivity index (χ1n) is 8.79. The molecule has 0 saturated carbocycles. The Balaban J connectivity index is 1.76. The van der Waals surface area contributed by atoms with Crippen LogP contribution in [0.15, 0.2) is 24.4 Å². The molecule has 9 heteroatoms. The van der Waals surface area contributed by atoms with Gasteiger partial charge in [0, 0.05) is 37.1 Å². The largest absolute Gasteiger partial charge is 0.496 e. The van der Waals surface area contributed by atoms with Crippen LogP contribution in [0.5, 0.6) is 11.6 Å². The minimum Gasteiger partial charge on any atom is -0.496 e. The van der Waals surface area contributed by atoms with Crippen molar-refractivity contribution >= 4 is 22.6 Å². The molecule has 1 aliphatic heterocycles. The van der Waals surface area contributed by atoms with E-state index in [0.717, 1.165) is 5.39 Å². The van der Waals surface area contributed by atoms with Crippen LogP contribution in [0.25, 0.3) is 10.8 Å². The predicted octanol–water partition coefficient (Wildman–Crippen LogP) is 1.21.